The number of carbonyl (C=O) groups is 4. The highest BCUT2D eigenvalue weighted by Crippen LogP contribution is 2.40. The standard InChI is InChI=1S/C26H25N5O6.C2HF3O2/c1-35-19-12-15(13-20(36-2)22(19)37-3)21(29-16-10-8-14(9-11-16)23(27)28)24(32)30-31-25(33)17-6-4-5-7-18(17)26(31)34;3-2(4,5)1(6)7/h4-13,21,29H,1-3H3,(H3,27,28)(H,30,32);(H,6,7). The van der Waals surface area contributed by atoms with E-state index in [-0.39, 0.29) is 17.0 Å². The first-order valence-electron chi connectivity index (χ1n) is 12.3. The zero-order valence-electron chi connectivity index (χ0n) is 23.3. The highest BCUT2D eigenvalue weighted by atomic mass is 19.4. The van der Waals surface area contributed by atoms with Gasteiger partial charge in [-0.15, -0.1) is 0 Å². The Morgan fingerprint density at radius 2 is 1.39 bits per heavy atom. The fourth-order valence-corrected chi connectivity index (χ4v) is 3.95. The Hall–Kier alpha value is -5.80. The number of hydrazine groups is 1. The SMILES string of the molecule is COc1cc(C(Nc2ccc(C(=N)N)cc2)C(=O)NN2C(=O)c3ccccc3C2=O)cc(OC)c1OC.O=C(O)C(F)(F)F. The van der Waals surface area contributed by atoms with E-state index in [0.717, 1.165) is 0 Å². The number of anilines is 1. The minimum absolute atomic E-state index is 0.101. The maximum absolute atomic E-state index is 13.6. The minimum atomic E-state index is -5.08. The normalized spacial score (nSPS) is 12.7. The van der Waals surface area contributed by atoms with E-state index < -0.39 is 35.9 Å². The van der Waals surface area contributed by atoms with Crippen molar-refractivity contribution in [2.24, 2.45) is 5.73 Å². The number of amides is 3. The van der Waals surface area contributed by atoms with Gasteiger partial charge in [-0.05, 0) is 54.1 Å². The number of hydrogen-bond acceptors (Lipinski definition) is 9. The van der Waals surface area contributed by atoms with Crippen LogP contribution < -0.4 is 30.7 Å². The van der Waals surface area contributed by atoms with E-state index in [1.165, 1.54) is 33.5 Å². The average molecular weight is 618 g/mol. The van der Waals surface area contributed by atoms with Crippen LogP contribution >= 0.6 is 0 Å². The second kappa shape index (κ2) is 13.5. The number of amidine groups is 1. The molecule has 0 saturated carbocycles. The summed E-state index contributed by atoms with van der Waals surface area (Å²) >= 11 is 0. The first kappa shape index (κ1) is 32.7. The van der Waals surface area contributed by atoms with Gasteiger partial charge >= 0.3 is 12.1 Å². The number of nitrogens with two attached hydrogens (primary N) is 1. The summed E-state index contributed by atoms with van der Waals surface area (Å²) in [5.41, 5.74) is 9.80. The number of methoxy groups -OCH3 is 3. The predicted molar refractivity (Wildman–Crippen MR) is 149 cm³/mol. The lowest BCUT2D eigenvalue weighted by Gasteiger charge is -2.24. The molecule has 0 aliphatic carbocycles. The molecule has 0 bridgehead atoms. The summed E-state index contributed by atoms with van der Waals surface area (Å²) in [4.78, 5) is 48.1. The maximum atomic E-state index is 13.6. The Kier molecular flexibility index (Phi) is 10.0. The number of rotatable bonds is 9. The van der Waals surface area contributed by atoms with Crippen molar-refractivity contribution in [3.63, 3.8) is 0 Å². The predicted octanol–water partition coefficient (Wildman–Crippen LogP) is 3.11. The second-order valence-electron chi connectivity index (χ2n) is 8.80. The van der Waals surface area contributed by atoms with Gasteiger partial charge in [-0.2, -0.15) is 18.2 Å². The molecule has 232 valence electrons. The van der Waals surface area contributed by atoms with Crippen molar-refractivity contribution in [2.45, 2.75) is 12.2 Å². The highest BCUT2D eigenvalue weighted by Gasteiger charge is 2.39. The van der Waals surface area contributed by atoms with Gasteiger partial charge in [-0.25, -0.2) is 4.79 Å². The molecule has 0 spiro atoms. The number of halogens is 3. The number of alkyl halides is 3. The van der Waals surface area contributed by atoms with Crippen LogP contribution in [0.3, 0.4) is 0 Å². The Morgan fingerprint density at radius 1 is 0.909 bits per heavy atom. The van der Waals surface area contributed by atoms with Crippen molar-refractivity contribution < 1.29 is 51.7 Å². The Labute approximate surface area is 247 Å². The van der Waals surface area contributed by atoms with Crippen molar-refractivity contribution >= 4 is 35.2 Å². The highest BCUT2D eigenvalue weighted by molar-refractivity contribution is 6.21. The first-order chi connectivity index (χ1) is 20.7. The van der Waals surface area contributed by atoms with Crippen molar-refractivity contribution in [3.05, 3.63) is 82.9 Å². The summed E-state index contributed by atoms with van der Waals surface area (Å²) in [5.74, 6) is -3.87. The van der Waals surface area contributed by atoms with Gasteiger partial charge in [0.15, 0.2) is 11.5 Å². The van der Waals surface area contributed by atoms with Gasteiger partial charge < -0.3 is 30.4 Å². The Balaban J connectivity index is 0.000000676. The lowest BCUT2D eigenvalue weighted by atomic mass is 10.0. The number of ether oxygens (including phenoxy) is 3. The van der Waals surface area contributed by atoms with Crippen LogP contribution in [0.4, 0.5) is 18.9 Å². The third-order valence-electron chi connectivity index (χ3n) is 6.05. The molecule has 4 rings (SSSR count). The molecule has 0 fully saturated rings. The van der Waals surface area contributed by atoms with Crippen LogP contribution in [-0.4, -0.2) is 67.1 Å². The van der Waals surface area contributed by atoms with Crippen molar-refractivity contribution in [3.8, 4) is 17.2 Å². The molecule has 6 N–H and O–H groups in total. The van der Waals surface area contributed by atoms with Crippen LogP contribution in [-0.2, 0) is 9.59 Å². The number of benzene rings is 3. The average Bonchev–Trinajstić information content (AvgIpc) is 3.23. The molecule has 0 aromatic heterocycles. The number of carbonyl (C=O) groups excluding carboxylic acids is 3. The summed E-state index contributed by atoms with van der Waals surface area (Å²) in [7, 11) is 4.35. The number of aliphatic carboxylic acids is 1. The number of nitrogens with zero attached hydrogens (tertiary/aromatic N) is 1. The maximum Gasteiger partial charge on any atom is 0.490 e. The molecule has 16 heteroatoms. The number of carboxylic acid groups (broad SMARTS) is 1. The number of hydrogen-bond donors (Lipinski definition) is 5. The van der Waals surface area contributed by atoms with E-state index in [9.17, 15) is 27.6 Å². The fraction of sp³-hybridized carbons (Fsp3) is 0.179. The molecule has 1 atom stereocenters. The number of carboxylic acids is 1. The molecular weight excluding hydrogens is 591 g/mol. The fourth-order valence-electron chi connectivity index (χ4n) is 3.95. The van der Waals surface area contributed by atoms with Crippen molar-refractivity contribution in [2.75, 3.05) is 26.6 Å². The van der Waals surface area contributed by atoms with Crippen LogP contribution in [0.15, 0.2) is 60.7 Å². The molecule has 1 unspecified atom stereocenters. The summed E-state index contributed by atoms with van der Waals surface area (Å²) in [5, 5.41) is 18.5. The Morgan fingerprint density at radius 3 is 1.77 bits per heavy atom. The summed E-state index contributed by atoms with van der Waals surface area (Å²) in [6.45, 7) is 0. The van der Waals surface area contributed by atoms with Gasteiger partial charge in [-0.3, -0.25) is 25.2 Å². The van der Waals surface area contributed by atoms with Crippen LogP contribution in [0.1, 0.15) is 37.9 Å². The molecule has 1 aliphatic heterocycles. The molecule has 1 heterocycles. The van der Waals surface area contributed by atoms with Gasteiger partial charge in [0.1, 0.15) is 11.9 Å². The number of fused-ring (bicyclic) bond motifs is 1. The number of imide groups is 1. The van der Waals surface area contributed by atoms with E-state index in [1.807, 2.05) is 0 Å². The molecule has 44 heavy (non-hydrogen) atoms. The van der Waals surface area contributed by atoms with Gasteiger partial charge in [0.05, 0.1) is 32.5 Å². The smallest absolute Gasteiger partial charge is 0.490 e. The topological polar surface area (TPSA) is 193 Å². The van der Waals surface area contributed by atoms with E-state index in [0.29, 0.717) is 39.1 Å². The molecule has 3 amide bonds. The van der Waals surface area contributed by atoms with Gasteiger partial charge in [-0.1, -0.05) is 12.1 Å². The van der Waals surface area contributed by atoms with Crippen LogP contribution in [0.25, 0.3) is 0 Å². The van der Waals surface area contributed by atoms with Crippen LogP contribution in [0.5, 0.6) is 17.2 Å². The summed E-state index contributed by atoms with van der Waals surface area (Å²) in [6.07, 6.45) is -5.08. The third kappa shape index (κ3) is 7.15. The Bertz CT molecular complexity index is 1530. The van der Waals surface area contributed by atoms with Crippen LogP contribution in [0, 0.1) is 5.41 Å². The van der Waals surface area contributed by atoms with Gasteiger partial charge in [0, 0.05) is 11.3 Å². The molecule has 3 aromatic carbocycles. The number of nitrogen functional groups attached to an aromatic ring is 1. The zero-order valence-corrected chi connectivity index (χ0v) is 23.3. The monoisotopic (exact) mass is 617 g/mol. The van der Waals surface area contributed by atoms with E-state index >= 15 is 0 Å². The largest absolute Gasteiger partial charge is 0.493 e. The minimum Gasteiger partial charge on any atom is -0.493 e. The van der Waals surface area contributed by atoms with E-state index in [2.05, 4.69) is 10.7 Å². The lowest BCUT2D eigenvalue weighted by molar-refractivity contribution is -0.192. The third-order valence-corrected chi connectivity index (χ3v) is 6.05. The molecule has 3 aromatic rings. The number of nitrogens with one attached hydrogen (secondary N) is 3. The first-order valence-corrected chi connectivity index (χ1v) is 12.3. The van der Waals surface area contributed by atoms with E-state index in [4.69, 9.17) is 35.3 Å². The van der Waals surface area contributed by atoms with E-state index in [1.54, 1.807) is 48.5 Å². The summed E-state index contributed by atoms with van der Waals surface area (Å²) < 4.78 is 48.0. The molecule has 0 saturated heterocycles. The lowest BCUT2D eigenvalue weighted by Crippen LogP contribution is -2.48. The van der Waals surface area contributed by atoms with Gasteiger partial charge in [0.25, 0.3) is 17.7 Å². The molecule has 0 radical (unpaired) electrons. The van der Waals surface area contributed by atoms with Gasteiger partial charge in [0.2, 0.25) is 5.75 Å². The molecule has 1 aliphatic rings. The summed E-state index contributed by atoms with van der Waals surface area (Å²) in [6, 6.07) is 14.9. The quantitative estimate of drug-likeness (QED) is 0.135. The molecule has 13 nitrogen and oxygen atoms in total. The zero-order chi connectivity index (χ0) is 32.8. The second-order valence-corrected chi connectivity index (χ2v) is 8.80. The van der Waals surface area contributed by atoms with Crippen molar-refractivity contribution in [1.82, 2.24) is 10.4 Å². The van der Waals surface area contributed by atoms with Crippen molar-refractivity contribution in [1.29, 1.82) is 5.41 Å². The molecular formula is C28H26F3N5O8. The van der Waals surface area contributed by atoms with Crippen LogP contribution in [0.2, 0.25) is 0 Å².